The molecule has 2 atom stereocenters. The minimum absolute atomic E-state index is 0.120. The Kier molecular flexibility index (Phi) is 2.33. The van der Waals surface area contributed by atoms with E-state index in [2.05, 4.69) is 0 Å². The molecule has 0 radical (unpaired) electrons. The van der Waals surface area contributed by atoms with Gasteiger partial charge < -0.3 is 4.90 Å². The average molecular weight is 156 g/mol. The van der Waals surface area contributed by atoms with Crippen molar-refractivity contribution < 1.29 is 4.39 Å². The molecule has 1 rings (SSSR count). The molecule has 0 aromatic carbocycles. The average Bonchev–Trinajstić information content (AvgIpc) is 2.30. The Morgan fingerprint density at radius 1 is 1.64 bits per heavy atom. The lowest BCUT2D eigenvalue weighted by Crippen LogP contribution is -2.28. The minimum atomic E-state index is -0.804. The van der Waals surface area contributed by atoms with Crippen LogP contribution in [-0.4, -0.2) is 23.7 Å². The van der Waals surface area contributed by atoms with Gasteiger partial charge >= 0.3 is 0 Å². The third kappa shape index (κ3) is 1.62. The first-order valence-electron chi connectivity index (χ1n) is 3.95. The molecule has 62 valence electrons. The Morgan fingerprint density at radius 2 is 2.27 bits per heavy atom. The third-order valence-corrected chi connectivity index (χ3v) is 2.19. The summed E-state index contributed by atoms with van der Waals surface area (Å²) in [6, 6.07) is 0.120. The van der Waals surface area contributed by atoms with Crippen LogP contribution in [0.2, 0.25) is 0 Å². The number of alkyl halides is 1. The van der Waals surface area contributed by atoms with Gasteiger partial charge in [0.15, 0.2) is 6.19 Å². The van der Waals surface area contributed by atoms with E-state index in [1.807, 2.05) is 20.0 Å². The van der Waals surface area contributed by atoms with Gasteiger partial charge in [0.2, 0.25) is 0 Å². The predicted octanol–water partition coefficient (Wildman–Crippen LogP) is 1.54. The molecule has 3 heteroatoms. The zero-order valence-corrected chi connectivity index (χ0v) is 6.92. The van der Waals surface area contributed by atoms with Crippen LogP contribution in [0.3, 0.4) is 0 Å². The molecule has 1 heterocycles. The van der Waals surface area contributed by atoms with E-state index in [0.717, 1.165) is 0 Å². The van der Waals surface area contributed by atoms with Crippen LogP contribution >= 0.6 is 0 Å². The second kappa shape index (κ2) is 3.08. The maximum atomic E-state index is 12.8. The highest BCUT2D eigenvalue weighted by atomic mass is 19.1. The Labute approximate surface area is 66.6 Å². The molecular weight excluding hydrogens is 143 g/mol. The summed E-state index contributed by atoms with van der Waals surface area (Å²) in [5.74, 6) is 0.371. The van der Waals surface area contributed by atoms with E-state index >= 15 is 0 Å². The second-order valence-corrected chi connectivity index (χ2v) is 3.40. The van der Waals surface area contributed by atoms with Crippen LogP contribution in [0, 0.1) is 17.4 Å². The predicted molar refractivity (Wildman–Crippen MR) is 40.5 cm³/mol. The first kappa shape index (κ1) is 8.32. The number of likely N-dealkylation sites (tertiary alicyclic amines) is 1. The molecule has 1 saturated heterocycles. The summed E-state index contributed by atoms with van der Waals surface area (Å²) in [6.07, 6.45) is 1.73. The molecule has 0 saturated carbocycles. The van der Waals surface area contributed by atoms with E-state index in [4.69, 9.17) is 5.26 Å². The number of rotatable bonds is 1. The summed E-state index contributed by atoms with van der Waals surface area (Å²) in [7, 11) is 0. The molecular formula is C8H13FN2. The van der Waals surface area contributed by atoms with Gasteiger partial charge in [-0.1, -0.05) is 13.8 Å². The minimum Gasteiger partial charge on any atom is -0.304 e. The van der Waals surface area contributed by atoms with E-state index in [0.29, 0.717) is 18.9 Å². The largest absolute Gasteiger partial charge is 0.304 e. The van der Waals surface area contributed by atoms with Crippen molar-refractivity contribution in [3.63, 3.8) is 0 Å². The van der Waals surface area contributed by atoms with E-state index < -0.39 is 6.17 Å². The fraction of sp³-hybridized carbons (Fsp3) is 0.875. The number of nitriles is 1. The van der Waals surface area contributed by atoms with Crippen LogP contribution in [0.25, 0.3) is 0 Å². The third-order valence-electron chi connectivity index (χ3n) is 2.19. The number of halogens is 1. The zero-order valence-electron chi connectivity index (χ0n) is 6.92. The Balaban J connectivity index is 2.59. The fourth-order valence-corrected chi connectivity index (χ4v) is 1.56. The molecule has 0 spiro atoms. The fourth-order valence-electron chi connectivity index (χ4n) is 1.56. The Bertz CT molecular complexity index is 173. The van der Waals surface area contributed by atoms with Crippen molar-refractivity contribution in [1.82, 2.24) is 4.90 Å². The Hall–Kier alpha value is -0.780. The van der Waals surface area contributed by atoms with E-state index in [-0.39, 0.29) is 6.04 Å². The van der Waals surface area contributed by atoms with Crippen molar-refractivity contribution in [3.05, 3.63) is 0 Å². The number of hydrogen-bond donors (Lipinski definition) is 0. The van der Waals surface area contributed by atoms with Gasteiger partial charge in [0.1, 0.15) is 6.17 Å². The smallest absolute Gasteiger partial charge is 0.179 e. The summed E-state index contributed by atoms with van der Waals surface area (Å²) in [4.78, 5) is 1.55. The monoisotopic (exact) mass is 156 g/mol. The van der Waals surface area contributed by atoms with Gasteiger partial charge in [0.05, 0.1) is 6.54 Å². The number of hydrogen-bond acceptors (Lipinski definition) is 2. The molecule has 0 amide bonds. The van der Waals surface area contributed by atoms with Gasteiger partial charge in [-0.25, -0.2) is 4.39 Å². The topological polar surface area (TPSA) is 27.0 Å². The van der Waals surface area contributed by atoms with Crippen LogP contribution in [0.15, 0.2) is 0 Å². The van der Waals surface area contributed by atoms with Gasteiger partial charge in [-0.05, 0) is 5.92 Å². The van der Waals surface area contributed by atoms with Crippen molar-refractivity contribution in [2.24, 2.45) is 5.92 Å². The summed E-state index contributed by atoms with van der Waals surface area (Å²) in [5, 5.41) is 8.61. The molecule has 1 fully saturated rings. The quantitative estimate of drug-likeness (QED) is 0.538. The van der Waals surface area contributed by atoms with E-state index in [9.17, 15) is 4.39 Å². The molecule has 1 unspecified atom stereocenters. The van der Waals surface area contributed by atoms with Crippen molar-refractivity contribution in [2.75, 3.05) is 6.54 Å². The molecule has 0 aromatic rings. The lowest BCUT2D eigenvalue weighted by atomic mass is 10.0. The van der Waals surface area contributed by atoms with Crippen LogP contribution in [0.5, 0.6) is 0 Å². The summed E-state index contributed by atoms with van der Waals surface area (Å²) in [5.41, 5.74) is 0. The highest BCUT2D eigenvalue weighted by Crippen LogP contribution is 2.24. The van der Waals surface area contributed by atoms with Crippen LogP contribution in [-0.2, 0) is 0 Å². The van der Waals surface area contributed by atoms with Crippen molar-refractivity contribution in [3.8, 4) is 6.19 Å². The summed E-state index contributed by atoms with van der Waals surface area (Å²) in [6.45, 7) is 4.33. The standard InChI is InChI=1S/C8H13FN2/c1-6(2)8-3-7(9)4-11(8)5-10/h6-8H,3-4H2,1-2H3/t7-,8?/m0/s1. The normalized spacial score (nSPS) is 31.0. The first-order chi connectivity index (χ1) is 5.15. The van der Waals surface area contributed by atoms with Crippen LogP contribution in [0.1, 0.15) is 20.3 Å². The molecule has 2 nitrogen and oxygen atoms in total. The van der Waals surface area contributed by atoms with Crippen molar-refractivity contribution in [1.29, 1.82) is 5.26 Å². The van der Waals surface area contributed by atoms with Crippen LogP contribution in [0.4, 0.5) is 4.39 Å². The van der Waals surface area contributed by atoms with Gasteiger partial charge in [0, 0.05) is 12.5 Å². The highest BCUT2D eigenvalue weighted by molar-refractivity contribution is 4.93. The van der Waals surface area contributed by atoms with Gasteiger partial charge in [-0.2, -0.15) is 5.26 Å². The van der Waals surface area contributed by atoms with Gasteiger partial charge in [-0.3, -0.25) is 0 Å². The van der Waals surface area contributed by atoms with Crippen LogP contribution < -0.4 is 0 Å². The summed E-state index contributed by atoms with van der Waals surface area (Å²) >= 11 is 0. The van der Waals surface area contributed by atoms with Crippen molar-refractivity contribution in [2.45, 2.75) is 32.5 Å². The SMILES string of the molecule is CC(C)C1C[C@H](F)CN1C#N. The molecule has 11 heavy (non-hydrogen) atoms. The molecule has 0 bridgehead atoms. The maximum absolute atomic E-state index is 12.8. The maximum Gasteiger partial charge on any atom is 0.179 e. The number of nitrogens with zero attached hydrogens (tertiary/aromatic N) is 2. The Morgan fingerprint density at radius 3 is 2.64 bits per heavy atom. The van der Waals surface area contributed by atoms with Crippen molar-refractivity contribution >= 4 is 0 Å². The first-order valence-corrected chi connectivity index (χ1v) is 3.95. The lowest BCUT2D eigenvalue weighted by Gasteiger charge is -2.20. The zero-order chi connectivity index (χ0) is 8.43. The van der Waals surface area contributed by atoms with E-state index in [1.165, 1.54) is 0 Å². The molecule has 1 aliphatic heterocycles. The molecule has 1 aliphatic rings. The van der Waals surface area contributed by atoms with Gasteiger partial charge in [-0.15, -0.1) is 0 Å². The molecule has 0 aliphatic carbocycles. The second-order valence-electron chi connectivity index (χ2n) is 3.40. The molecule has 0 aromatic heterocycles. The summed E-state index contributed by atoms with van der Waals surface area (Å²) < 4.78 is 12.8. The highest BCUT2D eigenvalue weighted by Gasteiger charge is 2.33. The van der Waals surface area contributed by atoms with E-state index in [1.54, 1.807) is 4.90 Å². The molecule has 0 N–H and O–H groups in total. The lowest BCUT2D eigenvalue weighted by molar-refractivity contribution is 0.290. The van der Waals surface area contributed by atoms with Gasteiger partial charge in [0.25, 0.3) is 0 Å².